The van der Waals surface area contributed by atoms with E-state index in [1.807, 2.05) is 0 Å². The van der Waals surface area contributed by atoms with Crippen LogP contribution >= 0.6 is 0 Å². The Hall–Kier alpha value is -0.0400. The van der Waals surface area contributed by atoms with Crippen molar-refractivity contribution in [2.45, 2.75) is 71.9 Å². The average molecular weight is 171 g/mol. The third-order valence-electron chi connectivity index (χ3n) is 1.92. The molecule has 0 bridgehead atoms. The smallest absolute Gasteiger partial charge is 0.00989 e. The minimum absolute atomic E-state index is 0.269. The van der Waals surface area contributed by atoms with E-state index in [0.717, 1.165) is 0 Å². The van der Waals surface area contributed by atoms with Gasteiger partial charge in [-0.25, -0.2) is 0 Å². The Balaban J connectivity index is 3.40. The lowest BCUT2D eigenvalue weighted by Gasteiger charge is -2.26. The number of rotatable bonds is 5. The molecule has 0 saturated carbocycles. The van der Waals surface area contributed by atoms with Gasteiger partial charge in [0.1, 0.15) is 0 Å². The second-order valence-electron chi connectivity index (χ2n) is 4.79. The fraction of sp³-hybridized carbons (Fsp3) is 1.00. The Morgan fingerprint density at radius 1 is 1.17 bits per heavy atom. The molecule has 0 aliphatic heterocycles. The van der Waals surface area contributed by atoms with E-state index in [9.17, 15) is 0 Å². The van der Waals surface area contributed by atoms with Crippen LogP contribution in [0.1, 0.15) is 60.3 Å². The van der Waals surface area contributed by atoms with E-state index in [1.54, 1.807) is 0 Å². The molecule has 0 saturated heterocycles. The zero-order chi connectivity index (χ0) is 9.61. The highest BCUT2D eigenvalue weighted by Gasteiger charge is 2.12. The van der Waals surface area contributed by atoms with Crippen LogP contribution in [-0.4, -0.2) is 11.6 Å². The summed E-state index contributed by atoms with van der Waals surface area (Å²) in [4.78, 5) is 0. The maximum absolute atomic E-state index is 3.58. The van der Waals surface area contributed by atoms with Crippen LogP contribution in [0.15, 0.2) is 0 Å². The van der Waals surface area contributed by atoms with E-state index in [4.69, 9.17) is 0 Å². The molecule has 1 heteroatoms. The van der Waals surface area contributed by atoms with Crippen molar-refractivity contribution in [2.75, 3.05) is 0 Å². The molecule has 1 nitrogen and oxygen atoms in total. The molecule has 0 rings (SSSR count). The molecule has 0 aliphatic rings. The first-order chi connectivity index (χ1) is 5.45. The van der Waals surface area contributed by atoms with Gasteiger partial charge in [-0.3, -0.25) is 0 Å². The second-order valence-corrected chi connectivity index (χ2v) is 4.79. The predicted molar refractivity (Wildman–Crippen MR) is 56.5 cm³/mol. The molecule has 74 valence electrons. The van der Waals surface area contributed by atoms with Gasteiger partial charge in [0.05, 0.1) is 0 Å². The summed E-state index contributed by atoms with van der Waals surface area (Å²) in [5, 5.41) is 3.58. The molecule has 0 radical (unpaired) electrons. The Bertz CT molecular complexity index is 102. The summed E-state index contributed by atoms with van der Waals surface area (Å²) in [7, 11) is 0. The maximum Gasteiger partial charge on any atom is 0.00989 e. The van der Waals surface area contributed by atoms with E-state index >= 15 is 0 Å². The molecule has 0 fully saturated rings. The number of nitrogens with one attached hydrogen (secondary N) is 1. The summed E-state index contributed by atoms with van der Waals surface area (Å²) in [6, 6.07) is 0.663. The highest BCUT2D eigenvalue weighted by Crippen LogP contribution is 2.07. The van der Waals surface area contributed by atoms with Gasteiger partial charge in [-0.1, -0.05) is 26.2 Å². The van der Waals surface area contributed by atoms with Gasteiger partial charge in [0, 0.05) is 11.6 Å². The van der Waals surface area contributed by atoms with Crippen LogP contribution in [0.5, 0.6) is 0 Å². The molecule has 0 amide bonds. The van der Waals surface area contributed by atoms with Gasteiger partial charge in [-0.05, 0) is 34.1 Å². The molecule has 0 aliphatic carbocycles. The maximum atomic E-state index is 3.58. The third-order valence-corrected chi connectivity index (χ3v) is 1.92. The third kappa shape index (κ3) is 8.06. The van der Waals surface area contributed by atoms with Crippen molar-refractivity contribution in [2.24, 2.45) is 0 Å². The van der Waals surface area contributed by atoms with Crippen molar-refractivity contribution in [1.82, 2.24) is 5.32 Å². The van der Waals surface area contributed by atoms with E-state index < -0.39 is 0 Å². The standard InChI is InChI=1S/C11H25N/c1-6-7-8-9-10(2)12-11(3,4)5/h10,12H,6-9H2,1-5H3. The summed E-state index contributed by atoms with van der Waals surface area (Å²) in [6.45, 7) is 11.2. The van der Waals surface area contributed by atoms with Crippen molar-refractivity contribution in [3.8, 4) is 0 Å². The fourth-order valence-corrected chi connectivity index (χ4v) is 1.51. The van der Waals surface area contributed by atoms with Gasteiger partial charge < -0.3 is 5.32 Å². The SMILES string of the molecule is CCCCCC(C)NC(C)(C)C. The highest BCUT2D eigenvalue weighted by atomic mass is 15.0. The van der Waals surface area contributed by atoms with E-state index in [0.29, 0.717) is 6.04 Å². The molecule has 0 aromatic carbocycles. The van der Waals surface area contributed by atoms with Crippen LogP contribution in [0.25, 0.3) is 0 Å². The van der Waals surface area contributed by atoms with Gasteiger partial charge in [0.2, 0.25) is 0 Å². The minimum Gasteiger partial charge on any atom is -0.310 e. The van der Waals surface area contributed by atoms with Crippen LogP contribution in [0, 0.1) is 0 Å². The Morgan fingerprint density at radius 3 is 2.17 bits per heavy atom. The average Bonchev–Trinajstić information content (AvgIpc) is 1.84. The van der Waals surface area contributed by atoms with Crippen LogP contribution in [0.4, 0.5) is 0 Å². The summed E-state index contributed by atoms with van der Waals surface area (Å²) < 4.78 is 0. The fourth-order valence-electron chi connectivity index (χ4n) is 1.51. The summed E-state index contributed by atoms with van der Waals surface area (Å²) in [5.74, 6) is 0. The van der Waals surface area contributed by atoms with Gasteiger partial charge in [-0.2, -0.15) is 0 Å². The van der Waals surface area contributed by atoms with E-state index in [2.05, 4.69) is 39.9 Å². The zero-order valence-electron chi connectivity index (χ0n) is 9.41. The van der Waals surface area contributed by atoms with Crippen molar-refractivity contribution in [3.05, 3.63) is 0 Å². The lowest BCUT2D eigenvalue weighted by atomic mass is 10.0. The lowest BCUT2D eigenvalue weighted by Crippen LogP contribution is -2.42. The second kappa shape index (κ2) is 5.58. The molecule has 0 aromatic heterocycles. The molecule has 0 spiro atoms. The Labute approximate surface area is 77.9 Å². The lowest BCUT2D eigenvalue weighted by molar-refractivity contribution is 0.354. The summed E-state index contributed by atoms with van der Waals surface area (Å²) in [6.07, 6.45) is 5.37. The van der Waals surface area contributed by atoms with E-state index in [1.165, 1.54) is 25.7 Å². The summed E-state index contributed by atoms with van der Waals surface area (Å²) in [5.41, 5.74) is 0.269. The molecular weight excluding hydrogens is 146 g/mol. The Kier molecular flexibility index (Phi) is 5.56. The number of hydrogen-bond donors (Lipinski definition) is 1. The number of unbranched alkanes of at least 4 members (excludes halogenated alkanes) is 2. The predicted octanol–water partition coefficient (Wildman–Crippen LogP) is 3.34. The first-order valence-corrected chi connectivity index (χ1v) is 5.23. The quantitative estimate of drug-likeness (QED) is 0.626. The number of hydrogen-bond acceptors (Lipinski definition) is 1. The first-order valence-electron chi connectivity index (χ1n) is 5.23. The topological polar surface area (TPSA) is 12.0 Å². The van der Waals surface area contributed by atoms with Crippen molar-refractivity contribution < 1.29 is 0 Å². The monoisotopic (exact) mass is 171 g/mol. The van der Waals surface area contributed by atoms with Crippen molar-refractivity contribution in [3.63, 3.8) is 0 Å². The molecule has 1 atom stereocenters. The molecule has 1 N–H and O–H groups in total. The van der Waals surface area contributed by atoms with Crippen LogP contribution in [0.3, 0.4) is 0 Å². The Morgan fingerprint density at radius 2 is 1.75 bits per heavy atom. The van der Waals surface area contributed by atoms with Gasteiger partial charge in [0.25, 0.3) is 0 Å². The van der Waals surface area contributed by atoms with Crippen LogP contribution < -0.4 is 5.32 Å². The summed E-state index contributed by atoms with van der Waals surface area (Å²) >= 11 is 0. The van der Waals surface area contributed by atoms with Gasteiger partial charge in [0.15, 0.2) is 0 Å². The van der Waals surface area contributed by atoms with Gasteiger partial charge >= 0.3 is 0 Å². The zero-order valence-corrected chi connectivity index (χ0v) is 9.41. The normalized spacial score (nSPS) is 14.8. The molecular formula is C11H25N. The first kappa shape index (κ1) is 12.0. The van der Waals surface area contributed by atoms with E-state index in [-0.39, 0.29) is 5.54 Å². The molecule has 0 heterocycles. The molecule has 12 heavy (non-hydrogen) atoms. The van der Waals surface area contributed by atoms with Crippen LogP contribution in [-0.2, 0) is 0 Å². The molecule has 1 unspecified atom stereocenters. The molecule has 0 aromatic rings. The van der Waals surface area contributed by atoms with Gasteiger partial charge in [-0.15, -0.1) is 0 Å². The largest absolute Gasteiger partial charge is 0.310 e. The highest BCUT2D eigenvalue weighted by molar-refractivity contribution is 4.74. The minimum atomic E-state index is 0.269. The van der Waals surface area contributed by atoms with Crippen molar-refractivity contribution in [1.29, 1.82) is 0 Å². The van der Waals surface area contributed by atoms with Crippen LogP contribution in [0.2, 0.25) is 0 Å². The van der Waals surface area contributed by atoms with Crippen molar-refractivity contribution >= 4 is 0 Å².